The molecule has 1 aromatic carbocycles. The molecule has 1 unspecified atom stereocenters. The number of likely N-dealkylation sites (tertiary alicyclic amines) is 1. The van der Waals surface area contributed by atoms with Crippen LogP contribution in [0.25, 0.3) is 0 Å². The van der Waals surface area contributed by atoms with Crippen LogP contribution in [0.4, 0.5) is 0 Å². The number of ether oxygens (including phenoxy) is 1. The van der Waals surface area contributed by atoms with E-state index in [-0.39, 0.29) is 42.8 Å². The van der Waals surface area contributed by atoms with Gasteiger partial charge in [-0.1, -0.05) is 30.3 Å². The van der Waals surface area contributed by atoms with E-state index in [2.05, 4.69) is 5.32 Å². The van der Waals surface area contributed by atoms with Crippen molar-refractivity contribution in [2.45, 2.75) is 44.8 Å². The molecule has 1 heterocycles. The van der Waals surface area contributed by atoms with Crippen molar-refractivity contribution >= 4 is 24.2 Å². The molecule has 1 aliphatic rings. The van der Waals surface area contributed by atoms with E-state index >= 15 is 0 Å². The predicted octanol–water partition coefficient (Wildman–Crippen LogP) is 2.03. The SMILES string of the molecule is CC(=O)NC(CC(=O)N1CCC(OCCCN)CC1)c1ccccc1.Cl. The third-order valence-electron chi connectivity index (χ3n) is 4.45. The first-order chi connectivity index (χ1) is 12.1. The fourth-order valence-corrected chi connectivity index (χ4v) is 3.09. The average Bonchev–Trinajstić information content (AvgIpc) is 2.62. The Bertz CT molecular complexity index is 548. The third-order valence-corrected chi connectivity index (χ3v) is 4.45. The van der Waals surface area contributed by atoms with E-state index in [1.165, 1.54) is 6.92 Å². The highest BCUT2D eigenvalue weighted by Gasteiger charge is 2.26. The van der Waals surface area contributed by atoms with Crippen molar-refractivity contribution in [3.63, 3.8) is 0 Å². The van der Waals surface area contributed by atoms with Crippen LogP contribution >= 0.6 is 12.4 Å². The lowest BCUT2D eigenvalue weighted by atomic mass is 10.0. The number of nitrogens with one attached hydrogen (secondary N) is 1. The van der Waals surface area contributed by atoms with Crippen molar-refractivity contribution in [3.8, 4) is 0 Å². The molecule has 0 bridgehead atoms. The van der Waals surface area contributed by atoms with E-state index in [9.17, 15) is 9.59 Å². The van der Waals surface area contributed by atoms with E-state index in [1.54, 1.807) is 0 Å². The van der Waals surface area contributed by atoms with Gasteiger partial charge in [0.25, 0.3) is 0 Å². The van der Waals surface area contributed by atoms with Gasteiger partial charge in [-0.15, -0.1) is 12.4 Å². The molecular formula is C19H30ClN3O3. The van der Waals surface area contributed by atoms with Crippen molar-refractivity contribution in [2.24, 2.45) is 5.73 Å². The lowest BCUT2D eigenvalue weighted by molar-refractivity contribution is -0.134. The maximum Gasteiger partial charge on any atom is 0.224 e. The lowest BCUT2D eigenvalue weighted by Gasteiger charge is -2.33. The minimum Gasteiger partial charge on any atom is -0.378 e. The minimum atomic E-state index is -0.287. The number of nitrogens with zero attached hydrogens (tertiary/aromatic N) is 1. The summed E-state index contributed by atoms with van der Waals surface area (Å²) in [7, 11) is 0. The number of hydrogen-bond donors (Lipinski definition) is 2. The fourth-order valence-electron chi connectivity index (χ4n) is 3.09. The van der Waals surface area contributed by atoms with Crippen LogP contribution in [-0.4, -0.2) is 49.1 Å². The van der Waals surface area contributed by atoms with Crippen LogP contribution < -0.4 is 11.1 Å². The Kier molecular flexibility index (Phi) is 10.2. The summed E-state index contributed by atoms with van der Waals surface area (Å²) in [6.07, 6.45) is 3.08. The van der Waals surface area contributed by atoms with Gasteiger partial charge in [-0.05, 0) is 31.4 Å². The lowest BCUT2D eigenvalue weighted by Crippen LogP contribution is -2.42. The zero-order chi connectivity index (χ0) is 18.1. The maximum atomic E-state index is 12.6. The highest BCUT2D eigenvalue weighted by molar-refractivity contribution is 5.85. The highest BCUT2D eigenvalue weighted by Crippen LogP contribution is 2.20. The Morgan fingerprint density at radius 3 is 2.50 bits per heavy atom. The number of carbonyl (C=O) groups is 2. The number of nitrogens with two attached hydrogens (primary N) is 1. The number of rotatable bonds is 8. The van der Waals surface area contributed by atoms with Crippen LogP contribution in [0.1, 0.15) is 44.2 Å². The molecule has 1 atom stereocenters. The van der Waals surface area contributed by atoms with Gasteiger partial charge >= 0.3 is 0 Å². The van der Waals surface area contributed by atoms with E-state index < -0.39 is 0 Å². The number of carbonyl (C=O) groups excluding carboxylic acids is 2. The molecule has 2 amide bonds. The Balaban J connectivity index is 0.00000338. The van der Waals surface area contributed by atoms with Crippen LogP contribution in [0.3, 0.4) is 0 Å². The van der Waals surface area contributed by atoms with E-state index in [1.807, 2.05) is 35.2 Å². The second kappa shape index (κ2) is 11.9. The van der Waals surface area contributed by atoms with Crippen LogP contribution in [0.15, 0.2) is 30.3 Å². The summed E-state index contributed by atoms with van der Waals surface area (Å²) in [5, 5.41) is 2.89. The summed E-state index contributed by atoms with van der Waals surface area (Å²) >= 11 is 0. The van der Waals surface area contributed by atoms with Gasteiger partial charge in [0.2, 0.25) is 11.8 Å². The summed E-state index contributed by atoms with van der Waals surface area (Å²) in [4.78, 5) is 26.0. The van der Waals surface area contributed by atoms with Gasteiger partial charge in [-0.25, -0.2) is 0 Å². The first-order valence-corrected chi connectivity index (χ1v) is 9.01. The topological polar surface area (TPSA) is 84.7 Å². The molecule has 1 aliphatic heterocycles. The summed E-state index contributed by atoms with van der Waals surface area (Å²) in [5.41, 5.74) is 6.42. The maximum absolute atomic E-state index is 12.6. The Labute approximate surface area is 161 Å². The Hall–Kier alpha value is -1.63. The van der Waals surface area contributed by atoms with Gasteiger partial charge < -0.3 is 20.7 Å². The fraction of sp³-hybridized carbons (Fsp3) is 0.579. The first-order valence-electron chi connectivity index (χ1n) is 9.01. The molecule has 0 aliphatic carbocycles. The van der Waals surface area contributed by atoms with Gasteiger partial charge in [0.1, 0.15) is 0 Å². The molecule has 0 saturated carbocycles. The van der Waals surface area contributed by atoms with E-state index in [0.29, 0.717) is 26.2 Å². The number of hydrogen-bond acceptors (Lipinski definition) is 4. The molecule has 7 heteroatoms. The van der Waals surface area contributed by atoms with Gasteiger partial charge in [-0.3, -0.25) is 9.59 Å². The molecule has 26 heavy (non-hydrogen) atoms. The minimum absolute atomic E-state index is 0. The van der Waals surface area contributed by atoms with Gasteiger partial charge in [-0.2, -0.15) is 0 Å². The Morgan fingerprint density at radius 1 is 1.27 bits per heavy atom. The quantitative estimate of drug-likeness (QED) is 0.673. The summed E-state index contributed by atoms with van der Waals surface area (Å²) in [5.74, 6) is -0.0586. The Morgan fingerprint density at radius 2 is 1.92 bits per heavy atom. The zero-order valence-electron chi connectivity index (χ0n) is 15.4. The normalized spacial score (nSPS) is 15.8. The van der Waals surface area contributed by atoms with Crippen molar-refractivity contribution in [1.29, 1.82) is 0 Å². The second-order valence-electron chi connectivity index (χ2n) is 6.46. The standard InChI is InChI=1S/C19H29N3O3.ClH/c1-15(23)21-18(16-6-3-2-4-7-16)14-19(24)22-11-8-17(9-12-22)25-13-5-10-20;/h2-4,6-7,17-18H,5,8-14,20H2,1H3,(H,21,23);1H. The van der Waals surface area contributed by atoms with Crippen molar-refractivity contribution < 1.29 is 14.3 Å². The van der Waals surface area contributed by atoms with Crippen LogP contribution in [0.5, 0.6) is 0 Å². The van der Waals surface area contributed by atoms with Crippen LogP contribution in [0.2, 0.25) is 0 Å². The smallest absolute Gasteiger partial charge is 0.224 e. The second-order valence-corrected chi connectivity index (χ2v) is 6.46. The largest absolute Gasteiger partial charge is 0.378 e. The van der Waals surface area contributed by atoms with Crippen molar-refractivity contribution in [1.82, 2.24) is 10.2 Å². The summed E-state index contributed by atoms with van der Waals surface area (Å²) in [6, 6.07) is 9.34. The van der Waals surface area contributed by atoms with Gasteiger partial charge in [0, 0.05) is 26.6 Å². The highest BCUT2D eigenvalue weighted by atomic mass is 35.5. The molecule has 0 aromatic heterocycles. The molecular weight excluding hydrogens is 354 g/mol. The first kappa shape index (κ1) is 22.4. The van der Waals surface area contributed by atoms with Gasteiger partial charge in [0.15, 0.2) is 0 Å². The van der Waals surface area contributed by atoms with Crippen molar-refractivity contribution in [3.05, 3.63) is 35.9 Å². The molecule has 146 valence electrons. The number of piperidine rings is 1. The molecule has 0 radical (unpaired) electrons. The van der Waals surface area contributed by atoms with E-state index in [4.69, 9.17) is 10.5 Å². The monoisotopic (exact) mass is 383 g/mol. The van der Waals surface area contributed by atoms with E-state index in [0.717, 1.165) is 24.8 Å². The van der Waals surface area contributed by atoms with Crippen molar-refractivity contribution in [2.75, 3.05) is 26.2 Å². The number of amides is 2. The average molecular weight is 384 g/mol. The third kappa shape index (κ3) is 7.32. The number of halogens is 1. The molecule has 2 rings (SSSR count). The molecule has 1 fully saturated rings. The molecule has 1 saturated heterocycles. The number of benzene rings is 1. The molecule has 0 spiro atoms. The predicted molar refractivity (Wildman–Crippen MR) is 104 cm³/mol. The summed E-state index contributed by atoms with van der Waals surface area (Å²) in [6.45, 7) is 4.21. The molecule has 3 N–H and O–H groups in total. The van der Waals surface area contributed by atoms with Gasteiger partial charge in [0.05, 0.1) is 18.6 Å². The summed E-state index contributed by atoms with van der Waals surface area (Å²) < 4.78 is 5.78. The van der Waals surface area contributed by atoms with Crippen LogP contribution in [-0.2, 0) is 14.3 Å². The molecule has 1 aromatic rings. The molecule has 6 nitrogen and oxygen atoms in total. The van der Waals surface area contributed by atoms with Crippen LogP contribution in [0, 0.1) is 0 Å². The zero-order valence-corrected chi connectivity index (χ0v) is 16.2.